The van der Waals surface area contributed by atoms with Gasteiger partial charge >= 0.3 is 0 Å². The molecule has 2 atom stereocenters. The van der Waals surface area contributed by atoms with E-state index in [2.05, 4.69) is 29.1 Å². The molecule has 0 aliphatic carbocycles. The molecule has 1 fully saturated rings. The third-order valence-electron chi connectivity index (χ3n) is 2.81. The van der Waals surface area contributed by atoms with Gasteiger partial charge in [0.2, 0.25) is 0 Å². The van der Waals surface area contributed by atoms with Gasteiger partial charge in [-0.15, -0.1) is 0 Å². The molecular formula is C11H19N3O. The zero-order chi connectivity index (χ0) is 10.7. The molecular weight excluding hydrogens is 190 g/mol. The Hall–Kier alpha value is -0.870. The second-order valence-electron chi connectivity index (χ2n) is 4.34. The number of nitrogens with zero attached hydrogens (tertiary/aromatic N) is 1. The Morgan fingerprint density at radius 3 is 2.80 bits per heavy atom. The second-order valence-corrected chi connectivity index (χ2v) is 4.34. The van der Waals surface area contributed by atoms with Crippen LogP contribution in [0.4, 0.5) is 0 Å². The standard InChI is InChI=1S/C11H19N3O/c1-8-5-10(6-9(2)15-8)14-7-11-12-3-4-13-11/h3-4,8-10,14H,5-7H2,1-2H3,(H,12,13). The minimum atomic E-state index is 0.364. The van der Waals surface area contributed by atoms with Crippen LogP contribution in [-0.2, 0) is 11.3 Å². The van der Waals surface area contributed by atoms with E-state index in [4.69, 9.17) is 4.74 Å². The van der Waals surface area contributed by atoms with Crippen LogP contribution in [0.15, 0.2) is 12.4 Å². The van der Waals surface area contributed by atoms with Crippen molar-refractivity contribution >= 4 is 0 Å². The number of rotatable bonds is 3. The fourth-order valence-electron chi connectivity index (χ4n) is 2.21. The maximum atomic E-state index is 5.69. The van der Waals surface area contributed by atoms with Crippen molar-refractivity contribution in [3.63, 3.8) is 0 Å². The van der Waals surface area contributed by atoms with Crippen molar-refractivity contribution in [1.82, 2.24) is 15.3 Å². The van der Waals surface area contributed by atoms with Crippen molar-refractivity contribution in [3.05, 3.63) is 18.2 Å². The van der Waals surface area contributed by atoms with E-state index in [9.17, 15) is 0 Å². The molecule has 1 saturated heterocycles. The van der Waals surface area contributed by atoms with Gasteiger partial charge < -0.3 is 15.0 Å². The first-order chi connectivity index (χ1) is 7.24. The van der Waals surface area contributed by atoms with E-state index in [1.165, 1.54) is 0 Å². The van der Waals surface area contributed by atoms with Gasteiger partial charge in [0.25, 0.3) is 0 Å². The van der Waals surface area contributed by atoms with Crippen LogP contribution in [0, 0.1) is 0 Å². The topological polar surface area (TPSA) is 49.9 Å². The lowest BCUT2D eigenvalue weighted by Gasteiger charge is -2.32. The molecule has 2 unspecified atom stereocenters. The molecule has 1 aromatic heterocycles. The summed E-state index contributed by atoms with van der Waals surface area (Å²) >= 11 is 0. The number of H-pyrrole nitrogens is 1. The van der Waals surface area contributed by atoms with Gasteiger partial charge in [-0.05, 0) is 26.7 Å². The highest BCUT2D eigenvalue weighted by Gasteiger charge is 2.23. The molecule has 2 N–H and O–H groups in total. The van der Waals surface area contributed by atoms with Crippen molar-refractivity contribution in [1.29, 1.82) is 0 Å². The number of aromatic nitrogens is 2. The summed E-state index contributed by atoms with van der Waals surface area (Å²) < 4.78 is 5.69. The molecule has 1 aliphatic rings. The van der Waals surface area contributed by atoms with Gasteiger partial charge in [0, 0.05) is 18.4 Å². The predicted octanol–water partition coefficient (Wildman–Crippen LogP) is 1.46. The Labute approximate surface area is 90.4 Å². The van der Waals surface area contributed by atoms with Gasteiger partial charge in [0.1, 0.15) is 5.82 Å². The van der Waals surface area contributed by atoms with Crippen molar-refractivity contribution < 1.29 is 4.74 Å². The Morgan fingerprint density at radius 2 is 2.20 bits per heavy atom. The molecule has 84 valence electrons. The van der Waals surface area contributed by atoms with Gasteiger partial charge in [-0.25, -0.2) is 4.98 Å². The number of hydrogen-bond acceptors (Lipinski definition) is 3. The molecule has 1 aliphatic heterocycles. The summed E-state index contributed by atoms with van der Waals surface area (Å²) in [7, 11) is 0. The zero-order valence-electron chi connectivity index (χ0n) is 9.36. The molecule has 15 heavy (non-hydrogen) atoms. The van der Waals surface area contributed by atoms with Gasteiger partial charge in [-0.1, -0.05) is 0 Å². The molecule has 2 heterocycles. The summed E-state index contributed by atoms with van der Waals surface area (Å²) in [6.07, 6.45) is 6.54. The lowest BCUT2D eigenvalue weighted by Crippen LogP contribution is -2.41. The van der Waals surface area contributed by atoms with Crippen LogP contribution in [0.5, 0.6) is 0 Å². The highest BCUT2D eigenvalue weighted by atomic mass is 16.5. The summed E-state index contributed by atoms with van der Waals surface area (Å²) in [5, 5.41) is 3.51. The highest BCUT2D eigenvalue weighted by molar-refractivity contribution is 4.88. The number of imidazole rings is 1. The predicted molar refractivity (Wildman–Crippen MR) is 58.5 cm³/mol. The third-order valence-corrected chi connectivity index (χ3v) is 2.81. The average Bonchev–Trinajstić information content (AvgIpc) is 2.65. The number of ether oxygens (including phenoxy) is 1. The van der Waals surface area contributed by atoms with E-state index in [0.717, 1.165) is 25.2 Å². The summed E-state index contributed by atoms with van der Waals surface area (Å²) in [6.45, 7) is 5.09. The van der Waals surface area contributed by atoms with Crippen LogP contribution in [0.25, 0.3) is 0 Å². The number of aromatic amines is 1. The van der Waals surface area contributed by atoms with E-state index >= 15 is 0 Å². The smallest absolute Gasteiger partial charge is 0.120 e. The molecule has 4 heteroatoms. The summed E-state index contributed by atoms with van der Waals surface area (Å²) in [6, 6.07) is 0.550. The first-order valence-electron chi connectivity index (χ1n) is 5.61. The maximum absolute atomic E-state index is 5.69. The molecule has 4 nitrogen and oxygen atoms in total. The zero-order valence-corrected chi connectivity index (χ0v) is 9.36. The Morgan fingerprint density at radius 1 is 1.47 bits per heavy atom. The maximum Gasteiger partial charge on any atom is 0.120 e. The largest absolute Gasteiger partial charge is 0.375 e. The van der Waals surface area contributed by atoms with E-state index < -0.39 is 0 Å². The third kappa shape index (κ3) is 3.04. The van der Waals surface area contributed by atoms with Crippen molar-refractivity contribution in [2.75, 3.05) is 0 Å². The fourth-order valence-corrected chi connectivity index (χ4v) is 2.21. The first kappa shape index (κ1) is 10.6. The van der Waals surface area contributed by atoms with E-state index in [1.807, 2.05) is 6.20 Å². The minimum absolute atomic E-state index is 0.364. The molecule has 0 radical (unpaired) electrons. The van der Waals surface area contributed by atoms with Crippen molar-refractivity contribution in [2.45, 2.75) is 51.5 Å². The molecule has 2 rings (SSSR count). The number of nitrogens with one attached hydrogen (secondary N) is 2. The van der Waals surface area contributed by atoms with Gasteiger partial charge in [0.15, 0.2) is 0 Å². The molecule has 0 amide bonds. The average molecular weight is 209 g/mol. The lowest BCUT2D eigenvalue weighted by molar-refractivity contribution is -0.0423. The van der Waals surface area contributed by atoms with Crippen LogP contribution >= 0.6 is 0 Å². The Kier molecular flexibility index (Phi) is 3.38. The minimum Gasteiger partial charge on any atom is -0.375 e. The normalized spacial score (nSPS) is 31.7. The monoisotopic (exact) mass is 209 g/mol. The van der Waals surface area contributed by atoms with Crippen LogP contribution in [0.1, 0.15) is 32.5 Å². The second kappa shape index (κ2) is 4.77. The molecule has 0 saturated carbocycles. The first-order valence-corrected chi connectivity index (χ1v) is 5.61. The van der Waals surface area contributed by atoms with Crippen LogP contribution in [0.2, 0.25) is 0 Å². The van der Waals surface area contributed by atoms with Gasteiger partial charge in [-0.3, -0.25) is 0 Å². The van der Waals surface area contributed by atoms with Crippen LogP contribution in [0.3, 0.4) is 0 Å². The lowest BCUT2D eigenvalue weighted by atomic mass is 10.00. The van der Waals surface area contributed by atoms with E-state index in [-0.39, 0.29) is 0 Å². The number of hydrogen-bond donors (Lipinski definition) is 2. The van der Waals surface area contributed by atoms with Gasteiger partial charge in [-0.2, -0.15) is 0 Å². The fraction of sp³-hybridized carbons (Fsp3) is 0.727. The molecule has 0 aromatic carbocycles. The van der Waals surface area contributed by atoms with Crippen LogP contribution in [-0.4, -0.2) is 28.2 Å². The summed E-state index contributed by atoms with van der Waals surface area (Å²) in [5.41, 5.74) is 0. The SMILES string of the molecule is CC1CC(NCc2ncc[nH]2)CC(C)O1. The van der Waals surface area contributed by atoms with E-state index in [0.29, 0.717) is 18.2 Å². The highest BCUT2D eigenvalue weighted by Crippen LogP contribution is 2.18. The Balaban J connectivity index is 1.79. The molecule has 0 spiro atoms. The summed E-state index contributed by atoms with van der Waals surface area (Å²) in [5.74, 6) is 1.00. The Bertz CT molecular complexity index is 276. The quantitative estimate of drug-likeness (QED) is 0.792. The van der Waals surface area contributed by atoms with E-state index in [1.54, 1.807) is 6.20 Å². The van der Waals surface area contributed by atoms with Crippen molar-refractivity contribution in [3.8, 4) is 0 Å². The van der Waals surface area contributed by atoms with Crippen molar-refractivity contribution in [2.24, 2.45) is 0 Å². The van der Waals surface area contributed by atoms with Crippen LogP contribution < -0.4 is 5.32 Å². The summed E-state index contributed by atoms with van der Waals surface area (Å²) in [4.78, 5) is 7.28. The van der Waals surface area contributed by atoms with Gasteiger partial charge in [0.05, 0.1) is 18.8 Å². The molecule has 0 bridgehead atoms. The molecule has 1 aromatic rings.